The van der Waals surface area contributed by atoms with Gasteiger partial charge in [-0.25, -0.2) is 0 Å². The SMILES string of the molecule is CN1CCN(Cc2ccc(C(=O)NCCCCN)cc2)CC1.Cl.Cl. The van der Waals surface area contributed by atoms with Gasteiger partial charge in [-0.1, -0.05) is 12.1 Å². The van der Waals surface area contributed by atoms with Gasteiger partial charge in [0.2, 0.25) is 0 Å². The van der Waals surface area contributed by atoms with Gasteiger partial charge in [-0.15, -0.1) is 24.8 Å². The first-order valence-corrected chi connectivity index (χ1v) is 8.17. The highest BCUT2D eigenvalue weighted by Crippen LogP contribution is 2.09. The summed E-state index contributed by atoms with van der Waals surface area (Å²) in [6.45, 7) is 6.81. The zero-order chi connectivity index (χ0) is 15.8. The molecule has 1 aromatic rings. The molecule has 0 aromatic heterocycles. The third kappa shape index (κ3) is 7.81. The molecule has 5 nitrogen and oxygen atoms in total. The van der Waals surface area contributed by atoms with E-state index in [4.69, 9.17) is 5.73 Å². The Morgan fingerprint density at radius 3 is 2.29 bits per heavy atom. The van der Waals surface area contributed by atoms with E-state index < -0.39 is 0 Å². The number of likely N-dealkylation sites (N-methyl/N-ethyl adjacent to an activating group) is 1. The Balaban J connectivity index is 0.00000264. The monoisotopic (exact) mass is 376 g/mol. The van der Waals surface area contributed by atoms with E-state index in [0.717, 1.165) is 51.1 Å². The summed E-state index contributed by atoms with van der Waals surface area (Å²) in [5, 5.41) is 2.93. The van der Waals surface area contributed by atoms with Crippen LogP contribution in [0.1, 0.15) is 28.8 Å². The van der Waals surface area contributed by atoms with E-state index >= 15 is 0 Å². The number of nitrogens with zero attached hydrogens (tertiary/aromatic N) is 2. The van der Waals surface area contributed by atoms with E-state index in [0.29, 0.717) is 13.1 Å². The molecule has 0 radical (unpaired) electrons. The number of hydrogen-bond donors (Lipinski definition) is 2. The lowest BCUT2D eigenvalue weighted by atomic mass is 10.1. The molecule has 24 heavy (non-hydrogen) atoms. The Labute approximate surface area is 157 Å². The minimum absolute atomic E-state index is 0. The van der Waals surface area contributed by atoms with E-state index in [1.165, 1.54) is 5.56 Å². The van der Waals surface area contributed by atoms with Crippen molar-refractivity contribution in [3.63, 3.8) is 0 Å². The molecule has 7 heteroatoms. The number of nitrogens with two attached hydrogens (primary N) is 1. The molecule has 138 valence electrons. The van der Waals surface area contributed by atoms with Crippen molar-refractivity contribution in [3.8, 4) is 0 Å². The van der Waals surface area contributed by atoms with Crippen LogP contribution in [0, 0.1) is 0 Å². The van der Waals surface area contributed by atoms with Crippen molar-refractivity contribution in [2.24, 2.45) is 5.73 Å². The molecule has 3 N–H and O–H groups in total. The maximum Gasteiger partial charge on any atom is 0.251 e. The highest BCUT2D eigenvalue weighted by atomic mass is 35.5. The van der Waals surface area contributed by atoms with Crippen LogP contribution in [0.25, 0.3) is 0 Å². The number of halogens is 2. The molecule has 1 aliphatic heterocycles. The smallest absolute Gasteiger partial charge is 0.251 e. The lowest BCUT2D eigenvalue weighted by molar-refractivity contribution is 0.0953. The van der Waals surface area contributed by atoms with Crippen LogP contribution in [0.15, 0.2) is 24.3 Å². The van der Waals surface area contributed by atoms with Crippen molar-refractivity contribution in [1.29, 1.82) is 0 Å². The number of piperazine rings is 1. The lowest BCUT2D eigenvalue weighted by Gasteiger charge is -2.32. The zero-order valence-corrected chi connectivity index (χ0v) is 16.0. The van der Waals surface area contributed by atoms with Crippen LogP contribution in [-0.4, -0.2) is 62.0 Å². The van der Waals surface area contributed by atoms with Crippen LogP contribution in [0.2, 0.25) is 0 Å². The van der Waals surface area contributed by atoms with E-state index in [9.17, 15) is 4.79 Å². The molecule has 0 unspecified atom stereocenters. The number of benzene rings is 1. The average Bonchev–Trinajstić information content (AvgIpc) is 2.54. The predicted molar refractivity (Wildman–Crippen MR) is 104 cm³/mol. The predicted octanol–water partition coefficient (Wildman–Crippen LogP) is 1.75. The fourth-order valence-corrected chi connectivity index (χ4v) is 2.60. The molecule has 1 aliphatic rings. The Kier molecular flexibility index (Phi) is 12.1. The minimum atomic E-state index is 0. The van der Waals surface area contributed by atoms with Gasteiger partial charge in [-0.05, 0) is 44.1 Å². The second-order valence-electron chi connectivity index (χ2n) is 6.03. The average molecular weight is 377 g/mol. The molecule has 1 saturated heterocycles. The van der Waals surface area contributed by atoms with Gasteiger partial charge in [0.1, 0.15) is 0 Å². The molecule has 0 aliphatic carbocycles. The number of carbonyl (C=O) groups is 1. The molecule has 1 aromatic carbocycles. The van der Waals surface area contributed by atoms with Gasteiger partial charge in [0.05, 0.1) is 0 Å². The summed E-state index contributed by atoms with van der Waals surface area (Å²) in [7, 11) is 2.16. The standard InChI is InChI=1S/C17H28N4O.2ClH/c1-20-10-12-21(13-11-20)14-15-4-6-16(7-5-15)17(22)19-9-3-2-8-18;;/h4-7H,2-3,8-14,18H2,1H3,(H,19,22);2*1H. The van der Waals surface area contributed by atoms with Crippen LogP contribution in [0.3, 0.4) is 0 Å². The second-order valence-corrected chi connectivity index (χ2v) is 6.03. The molecule has 1 heterocycles. The fourth-order valence-electron chi connectivity index (χ4n) is 2.60. The van der Waals surface area contributed by atoms with E-state index in [-0.39, 0.29) is 30.7 Å². The number of amides is 1. The first-order valence-electron chi connectivity index (χ1n) is 8.17. The summed E-state index contributed by atoms with van der Waals surface area (Å²) in [5.41, 5.74) is 7.44. The van der Waals surface area contributed by atoms with Crippen molar-refractivity contribution in [2.75, 3.05) is 46.3 Å². The van der Waals surface area contributed by atoms with Gasteiger partial charge in [0.25, 0.3) is 5.91 Å². The first kappa shape index (κ1) is 23.1. The third-order valence-corrected chi connectivity index (χ3v) is 4.13. The molecule has 0 saturated carbocycles. The summed E-state index contributed by atoms with van der Waals surface area (Å²) < 4.78 is 0. The minimum Gasteiger partial charge on any atom is -0.352 e. The normalized spacial score (nSPS) is 15.2. The van der Waals surface area contributed by atoms with Crippen LogP contribution in [0.4, 0.5) is 0 Å². The van der Waals surface area contributed by atoms with Crippen molar-refractivity contribution in [2.45, 2.75) is 19.4 Å². The summed E-state index contributed by atoms with van der Waals surface area (Å²) in [6.07, 6.45) is 1.88. The second kappa shape index (κ2) is 12.5. The number of nitrogens with one attached hydrogen (secondary N) is 1. The zero-order valence-electron chi connectivity index (χ0n) is 14.4. The largest absolute Gasteiger partial charge is 0.352 e. The highest BCUT2D eigenvalue weighted by molar-refractivity contribution is 5.94. The van der Waals surface area contributed by atoms with Crippen molar-refractivity contribution in [1.82, 2.24) is 15.1 Å². The Hall–Kier alpha value is -0.850. The third-order valence-electron chi connectivity index (χ3n) is 4.13. The van der Waals surface area contributed by atoms with Crippen LogP contribution < -0.4 is 11.1 Å². The fraction of sp³-hybridized carbons (Fsp3) is 0.588. The Morgan fingerprint density at radius 1 is 1.08 bits per heavy atom. The van der Waals surface area contributed by atoms with Crippen LogP contribution in [0.5, 0.6) is 0 Å². The number of hydrogen-bond acceptors (Lipinski definition) is 4. The van der Waals surface area contributed by atoms with Crippen LogP contribution in [-0.2, 0) is 6.54 Å². The summed E-state index contributed by atoms with van der Waals surface area (Å²) in [4.78, 5) is 16.8. The topological polar surface area (TPSA) is 61.6 Å². The first-order chi connectivity index (χ1) is 10.7. The Morgan fingerprint density at radius 2 is 1.71 bits per heavy atom. The molecular formula is C17H30Cl2N4O. The summed E-state index contributed by atoms with van der Waals surface area (Å²) >= 11 is 0. The number of unbranched alkanes of at least 4 members (excludes halogenated alkanes) is 1. The maximum atomic E-state index is 12.0. The van der Waals surface area contributed by atoms with Gasteiger partial charge in [-0.2, -0.15) is 0 Å². The molecule has 0 bridgehead atoms. The van der Waals surface area contributed by atoms with Crippen molar-refractivity contribution < 1.29 is 4.79 Å². The quantitative estimate of drug-likeness (QED) is 0.711. The highest BCUT2D eigenvalue weighted by Gasteiger charge is 2.14. The van der Waals surface area contributed by atoms with Crippen molar-refractivity contribution in [3.05, 3.63) is 35.4 Å². The summed E-state index contributed by atoms with van der Waals surface area (Å²) in [5.74, 6) is 0.00293. The van der Waals surface area contributed by atoms with Gasteiger partial charge in [0, 0.05) is 44.8 Å². The lowest BCUT2D eigenvalue weighted by Crippen LogP contribution is -2.43. The van der Waals surface area contributed by atoms with Gasteiger partial charge < -0.3 is 16.0 Å². The van der Waals surface area contributed by atoms with Gasteiger partial charge in [0.15, 0.2) is 0 Å². The molecule has 0 spiro atoms. The van der Waals surface area contributed by atoms with E-state index in [1.54, 1.807) is 0 Å². The molecular weight excluding hydrogens is 347 g/mol. The molecule has 1 fully saturated rings. The van der Waals surface area contributed by atoms with Gasteiger partial charge in [-0.3, -0.25) is 9.69 Å². The Bertz CT molecular complexity index is 462. The molecule has 1 amide bonds. The van der Waals surface area contributed by atoms with Gasteiger partial charge >= 0.3 is 0 Å². The molecule has 2 rings (SSSR count). The van der Waals surface area contributed by atoms with Crippen LogP contribution >= 0.6 is 24.8 Å². The number of rotatable bonds is 7. The van der Waals surface area contributed by atoms with Crippen molar-refractivity contribution >= 4 is 30.7 Å². The molecule has 0 atom stereocenters. The maximum absolute atomic E-state index is 12.0. The summed E-state index contributed by atoms with van der Waals surface area (Å²) in [6, 6.07) is 7.97. The van der Waals surface area contributed by atoms with E-state index in [1.807, 2.05) is 12.1 Å². The number of carbonyl (C=O) groups excluding carboxylic acids is 1. The van der Waals surface area contributed by atoms with E-state index in [2.05, 4.69) is 34.3 Å².